The highest BCUT2D eigenvalue weighted by Crippen LogP contribution is 2.28. The monoisotopic (exact) mass is 444 g/mol. The molecule has 1 fully saturated rings. The van der Waals surface area contributed by atoms with Gasteiger partial charge in [-0.05, 0) is 32.0 Å². The Morgan fingerprint density at radius 3 is 2.82 bits per heavy atom. The zero-order chi connectivity index (χ0) is 20.5. The number of benzene rings is 1. The van der Waals surface area contributed by atoms with Crippen LogP contribution < -0.4 is 5.32 Å². The second kappa shape index (κ2) is 8.41. The zero-order valence-corrected chi connectivity index (χ0v) is 18.0. The SMILES string of the molecule is Cc1cc(NC(=O)CN(C)Cc2cccc(Cl)c2Cl)n(C2CCS(=O)(=O)C2)n1. The fourth-order valence-corrected chi connectivity index (χ4v) is 5.37. The first kappa shape index (κ1) is 21.1. The van der Waals surface area contributed by atoms with Gasteiger partial charge in [0, 0.05) is 12.6 Å². The number of halogens is 2. The summed E-state index contributed by atoms with van der Waals surface area (Å²) in [5, 5.41) is 8.17. The van der Waals surface area contributed by atoms with E-state index in [-0.39, 0.29) is 30.0 Å². The molecule has 1 aromatic carbocycles. The number of amides is 1. The molecule has 1 atom stereocenters. The summed E-state index contributed by atoms with van der Waals surface area (Å²) in [5.74, 6) is 0.485. The number of carbonyl (C=O) groups excluding carboxylic acids is 1. The van der Waals surface area contributed by atoms with E-state index in [4.69, 9.17) is 23.2 Å². The van der Waals surface area contributed by atoms with Crippen LogP contribution in [0.1, 0.15) is 23.7 Å². The molecule has 152 valence electrons. The number of aryl methyl sites for hydroxylation is 1. The van der Waals surface area contributed by atoms with E-state index in [1.807, 2.05) is 31.0 Å². The van der Waals surface area contributed by atoms with Crippen molar-refractivity contribution in [3.05, 3.63) is 45.6 Å². The second-order valence-electron chi connectivity index (χ2n) is 7.11. The Balaban J connectivity index is 1.64. The molecule has 10 heteroatoms. The number of hydrogen-bond donors (Lipinski definition) is 1. The summed E-state index contributed by atoms with van der Waals surface area (Å²) in [6.07, 6.45) is 0.499. The molecular formula is C18H22Cl2N4O3S. The number of nitrogens with one attached hydrogen (secondary N) is 1. The van der Waals surface area contributed by atoms with Gasteiger partial charge in [-0.15, -0.1) is 0 Å². The quantitative estimate of drug-likeness (QED) is 0.739. The highest BCUT2D eigenvalue weighted by atomic mass is 35.5. The number of nitrogens with zero attached hydrogens (tertiary/aromatic N) is 3. The van der Waals surface area contributed by atoms with Crippen LogP contribution in [0.3, 0.4) is 0 Å². The molecule has 1 saturated heterocycles. The van der Waals surface area contributed by atoms with Crippen LogP contribution in [-0.2, 0) is 21.2 Å². The number of hydrogen-bond acceptors (Lipinski definition) is 5. The van der Waals surface area contributed by atoms with E-state index in [9.17, 15) is 13.2 Å². The first-order valence-corrected chi connectivity index (χ1v) is 11.4. The molecule has 2 aromatic rings. The molecular weight excluding hydrogens is 423 g/mol. The maximum Gasteiger partial charge on any atom is 0.239 e. The summed E-state index contributed by atoms with van der Waals surface area (Å²) in [6.45, 7) is 2.41. The molecule has 1 amide bonds. The van der Waals surface area contributed by atoms with E-state index in [0.29, 0.717) is 28.8 Å². The molecule has 0 bridgehead atoms. The Hall–Kier alpha value is -1.61. The number of aromatic nitrogens is 2. The Kier molecular flexibility index (Phi) is 6.34. The standard InChI is InChI=1S/C18H22Cl2N4O3S/c1-12-8-16(24(22-12)14-6-7-28(26,27)11-14)21-17(25)10-23(2)9-13-4-3-5-15(19)18(13)20/h3-5,8,14H,6-7,9-11H2,1-2H3,(H,21,25). The topological polar surface area (TPSA) is 84.3 Å². The minimum atomic E-state index is -3.05. The fourth-order valence-electron chi connectivity index (χ4n) is 3.30. The highest BCUT2D eigenvalue weighted by Gasteiger charge is 2.31. The third kappa shape index (κ3) is 5.05. The molecule has 1 aromatic heterocycles. The van der Waals surface area contributed by atoms with Gasteiger partial charge in [-0.25, -0.2) is 13.1 Å². The van der Waals surface area contributed by atoms with Gasteiger partial charge in [0.2, 0.25) is 5.91 Å². The lowest BCUT2D eigenvalue weighted by atomic mass is 10.2. The van der Waals surface area contributed by atoms with Crippen molar-refractivity contribution in [1.29, 1.82) is 0 Å². The molecule has 2 heterocycles. The first-order valence-electron chi connectivity index (χ1n) is 8.82. The largest absolute Gasteiger partial charge is 0.310 e. The van der Waals surface area contributed by atoms with Crippen LogP contribution in [0.5, 0.6) is 0 Å². The van der Waals surface area contributed by atoms with Crippen molar-refractivity contribution in [2.24, 2.45) is 0 Å². The van der Waals surface area contributed by atoms with E-state index in [0.717, 1.165) is 11.3 Å². The smallest absolute Gasteiger partial charge is 0.239 e. The van der Waals surface area contributed by atoms with Gasteiger partial charge in [0.1, 0.15) is 5.82 Å². The van der Waals surface area contributed by atoms with Crippen LogP contribution in [0.15, 0.2) is 24.3 Å². The molecule has 0 spiro atoms. The van der Waals surface area contributed by atoms with Crippen molar-refractivity contribution in [2.75, 3.05) is 30.4 Å². The van der Waals surface area contributed by atoms with Crippen LogP contribution in [0.25, 0.3) is 0 Å². The summed E-state index contributed by atoms with van der Waals surface area (Å²) in [4.78, 5) is 14.3. The Labute approximate surface area is 174 Å². The number of sulfone groups is 1. The summed E-state index contributed by atoms with van der Waals surface area (Å²) < 4.78 is 25.2. The van der Waals surface area contributed by atoms with Gasteiger partial charge in [0.25, 0.3) is 0 Å². The molecule has 0 aliphatic carbocycles. The first-order chi connectivity index (χ1) is 13.1. The molecule has 1 unspecified atom stereocenters. The molecule has 1 aliphatic heterocycles. The molecule has 0 radical (unpaired) electrons. The predicted molar refractivity (Wildman–Crippen MR) is 111 cm³/mol. The average Bonchev–Trinajstić information content (AvgIpc) is 3.13. The predicted octanol–water partition coefficient (Wildman–Crippen LogP) is 2.93. The lowest BCUT2D eigenvalue weighted by Gasteiger charge is -2.18. The van der Waals surface area contributed by atoms with Crippen molar-refractivity contribution in [3.63, 3.8) is 0 Å². The van der Waals surface area contributed by atoms with E-state index in [2.05, 4.69) is 10.4 Å². The van der Waals surface area contributed by atoms with Gasteiger partial charge < -0.3 is 5.32 Å². The Morgan fingerprint density at radius 1 is 1.39 bits per heavy atom. The zero-order valence-electron chi connectivity index (χ0n) is 15.7. The normalized spacial score (nSPS) is 18.5. The van der Waals surface area contributed by atoms with Crippen molar-refractivity contribution in [3.8, 4) is 0 Å². The maximum absolute atomic E-state index is 12.5. The number of anilines is 1. The van der Waals surface area contributed by atoms with Crippen LogP contribution >= 0.6 is 23.2 Å². The number of likely N-dealkylation sites (N-methyl/N-ethyl adjacent to an activating group) is 1. The third-order valence-corrected chi connectivity index (χ3v) is 7.17. The Morgan fingerprint density at radius 2 is 2.14 bits per heavy atom. The van der Waals surface area contributed by atoms with Crippen LogP contribution in [-0.4, -0.2) is 54.1 Å². The molecule has 28 heavy (non-hydrogen) atoms. The van der Waals surface area contributed by atoms with Crippen molar-refractivity contribution in [2.45, 2.75) is 25.9 Å². The van der Waals surface area contributed by atoms with Gasteiger partial charge in [-0.1, -0.05) is 35.3 Å². The van der Waals surface area contributed by atoms with Gasteiger partial charge in [-0.3, -0.25) is 9.69 Å². The minimum Gasteiger partial charge on any atom is -0.310 e. The molecule has 3 rings (SSSR count). The fraction of sp³-hybridized carbons (Fsp3) is 0.444. The van der Waals surface area contributed by atoms with E-state index in [1.54, 1.807) is 16.8 Å². The third-order valence-electron chi connectivity index (χ3n) is 4.57. The maximum atomic E-state index is 12.5. The number of rotatable bonds is 6. The van der Waals surface area contributed by atoms with Crippen molar-refractivity contribution >= 4 is 44.8 Å². The van der Waals surface area contributed by atoms with Gasteiger partial charge in [0.15, 0.2) is 9.84 Å². The van der Waals surface area contributed by atoms with E-state index >= 15 is 0 Å². The summed E-state index contributed by atoms with van der Waals surface area (Å²) in [6, 6.07) is 6.89. The molecule has 7 nitrogen and oxygen atoms in total. The summed E-state index contributed by atoms with van der Waals surface area (Å²) in [7, 11) is -1.24. The van der Waals surface area contributed by atoms with Crippen LogP contribution in [0.4, 0.5) is 5.82 Å². The molecule has 1 N–H and O–H groups in total. The Bertz CT molecular complexity index is 991. The summed E-state index contributed by atoms with van der Waals surface area (Å²) in [5.41, 5.74) is 1.56. The van der Waals surface area contributed by atoms with Gasteiger partial charge >= 0.3 is 0 Å². The summed E-state index contributed by atoms with van der Waals surface area (Å²) >= 11 is 12.2. The molecule has 1 aliphatic rings. The van der Waals surface area contributed by atoms with E-state index in [1.165, 1.54) is 0 Å². The second-order valence-corrected chi connectivity index (χ2v) is 10.1. The van der Waals surface area contributed by atoms with Crippen molar-refractivity contribution in [1.82, 2.24) is 14.7 Å². The van der Waals surface area contributed by atoms with Gasteiger partial charge in [0.05, 0.1) is 39.8 Å². The van der Waals surface area contributed by atoms with Crippen molar-refractivity contribution < 1.29 is 13.2 Å². The van der Waals surface area contributed by atoms with Crippen LogP contribution in [0, 0.1) is 6.92 Å². The average molecular weight is 445 g/mol. The van der Waals surface area contributed by atoms with Gasteiger partial charge in [-0.2, -0.15) is 5.10 Å². The lowest BCUT2D eigenvalue weighted by Crippen LogP contribution is -2.31. The number of carbonyl (C=O) groups is 1. The van der Waals surface area contributed by atoms with Crippen LogP contribution in [0.2, 0.25) is 10.0 Å². The highest BCUT2D eigenvalue weighted by molar-refractivity contribution is 7.91. The molecule has 0 saturated carbocycles. The minimum absolute atomic E-state index is 0.0458. The lowest BCUT2D eigenvalue weighted by molar-refractivity contribution is -0.117. The van der Waals surface area contributed by atoms with E-state index < -0.39 is 9.84 Å².